The summed E-state index contributed by atoms with van der Waals surface area (Å²) in [6.07, 6.45) is 4.46. The maximum atomic E-state index is 11.7. The van der Waals surface area contributed by atoms with Crippen LogP contribution in [0.2, 0.25) is 0 Å². The van der Waals surface area contributed by atoms with E-state index in [4.69, 9.17) is 5.73 Å². The molecule has 1 rings (SSSR count). The molecule has 1 unspecified atom stereocenters. The molecule has 3 N–H and O–H groups in total. The Kier molecular flexibility index (Phi) is 3.36. The fraction of sp³-hybridized carbons (Fsp3) is 0.500. The molecule has 0 aliphatic carbocycles. The van der Waals surface area contributed by atoms with E-state index in [0.29, 0.717) is 5.69 Å². The van der Waals surface area contributed by atoms with Gasteiger partial charge in [0.05, 0.1) is 24.1 Å². The van der Waals surface area contributed by atoms with E-state index < -0.39 is 6.04 Å². The number of anilines is 1. The van der Waals surface area contributed by atoms with Gasteiger partial charge in [0.1, 0.15) is 6.33 Å². The molecule has 82 valence electrons. The summed E-state index contributed by atoms with van der Waals surface area (Å²) in [6.45, 7) is 5.75. The number of nitrogens with zero attached hydrogens (tertiary/aromatic N) is 2. The number of nitrogens with two attached hydrogens (primary N) is 1. The lowest BCUT2D eigenvalue weighted by Crippen LogP contribution is -2.45. The third kappa shape index (κ3) is 3.28. The molecular weight excluding hydrogens is 192 g/mol. The van der Waals surface area contributed by atoms with Gasteiger partial charge < -0.3 is 11.1 Å². The van der Waals surface area contributed by atoms with Crippen molar-refractivity contribution < 1.29 is 4.79 Å². The van der Waals surface area contributed by atoms with E-state index in [-0.39, 0.29) is 11.3 Å². The van der Waals surface area contributed by atoms with E-state index in [9.17, 15) is 4.79 Å². The normalized spacial score (nSPS) is 13.3. The van der Waals surface area contributed by atoms with Gasteiger partial charge in [-0.05, 0) is 5.41 Å². The van der Waals surface area contributed by atoms with Crippen molar-refractivity contribution in [2.24, 2.45) is 11.1 Å². The van der Waals surface area contributed by atoms with Crippen LogP contribution >= 0.6 is 0 Å². The molecular formula is C10H16N4O. The molecule has 1 aromatic heterocycles. The Labute approximate surface area is 89.1 Å². The van der Waals surface area contributed by atoms with E-state index >= 15 is 0 Å². The summed E-state index contributed by atoms with van der Waals surface area (Å²) in [5.74, 6) is -0.225. The number of carbonyl (C=O) groups excluding carboxylic acids is 1. The van der Waals surface area contributed by atoms with Crippen LogP contribution < -0.4 is 11.1 Å². The van der Waals surface area contributed by atoms with Gasteiger partial charge in [-0.3, -0.25) is 4.79 Å². The first-order chi connectivity index (χ1) is 6.91. The molecule has 0 aliphatic rings. The summed E-state index contributed by atoms with van der Waals surface area (Å²) >= 11 is 0. The summed E-state index contributed by atoms with van der Waals surface area (Å²) in [7, 11) is 0. The zero-order valence-corrected chi connectivity index (χ0v) is 9.19. The standard InChI is InChI=1S/C10H16N4O/c1-10(2,3)8(11)9(15)14-7-4-12-6-13-5-7/h4-6,8H,11H2,1-3H3,(H,14,15). The second-order valence-electron chi connectivity index (χ2n) is 4.46. The predicted molar refractivity (Wildman–Crippen MR) is 58.1 cm³/mol. The van der Waals surface area contributed by atoms with Gasteiger partial charge in [0.2, 0.25) is 5.91 Å². The summed E-state index contributed by atoms with van der Waals surface area (Å²) in [5, 5.41) is 2.66. The second-order valence-corrected chi connectivity index (χ2v) is 4.46. The van der Waals surface area contributed by atoms with Crippen LogP contribution in [-0.4, -0.2) is 21.9 Å². The van der Waals surface area contributed by atoms with E-state index in [0.717, 1.165) is 0 Å². The van der Waals surface area contributed by atoms with Crippen molar-refractivity contribution >= 4 is 11.6 Å². The summed E-state index contributed by atoms with van der Waals surface area (Å²) in [4.78, 5) is 19.3. The molecule has 15 heavy (non-hydrogen) atoms. The minimum atomic E-state index is -0.558. The first-order valence-electron chi connectivity index (χ1n) is 4.72. The lowest BCUT2D eigenvalue weighted by molar-refractivity contribution is -0.119. The summed E-state index contributed by atoms with van der Waals surface area (Å²) < 4.78 is 0. The van der Waals surface area contributed by atoms with Gasteiger partial charge in [0.15, 0.2) is 0 Å². The molecule has 1 heterocycles. The van der Waals surface area contributed by atoms with E-state index in [1.54, 1.807) is 0 Å². The lowest BCUT2D eigenvalue weighted by Gasteiger charge is -2.25. The molecule has 1 atom stereocenters. The van der Waals surface area contributed by atoms with Crippen LogP contribution in [0.3, 0.4) is 0 Å². The molecule has 0 spiro atoms. The van der Waals surface area contributed by atoms with Crippen molar-refractivity contribution in [1.29, 1.82) is 0 Å². The molecule has 0 saturated heterocycles. The van der Waals surface area contributed by atoms with Gasteiger partial charge >= 0.3 is 0 Å². The highest BCUT2D eigenvalue weighted by atomic mass is 16.2. The highest BCUT2D eigenvalue weighted by Gasteiger charge is 2.27. The fourth-order valence-corrected chi connectivity index (χ4v) is 0.977. The van der Waals surface area contributed by atoms with Crippen molar-refractivity contribution in [3.8, 4) is 0 Å². The predicted octanol–water partition coefficient (Wildman–Crippen LogP) is 0.788. The number of rotatable bonds is 2. The summed E-state index contributed by atoms with van der Waals surface area (Å²) in [6, 6.07) is -0.558. The highest BCUT2D eigenvalue weighted by molar-refractivity contribution is 5.94. The van der Waals surface area contributed by atoms with Crippen LogP contribution in [0.15, 0.2) is 18.7 Å². The number of hydrogen-bond donors (Lipinski definition) is 2. The summed E-state index contributed by atoms with van der Waals surface area (Å²) in [5.41, 5.74) is 6.08. The van der Waals surface area contributed by atoms with E-state index in [1.165, 1.54) is 18.7 Å². The zero-order valence-electron chi connectivity index (χ0n) is 9.19. The molecule has 5 heteroatoms. The van der Waals surface area contributed by atoms with Gasteiger partial charge in [0, 0.05) is 0 Å². The van der Waals surface area contributed by atoms with Gasteiger partial charge in [0.25, 0.3) is 0 Å². The van der Waals surface area contributed by atoms with Gasteiger partial charge in [-0.1, -0.05) is 20.8 Å². The Hall–Kier alpha value is -1.49. The van der Waals surface area contributed by atoms with Gasteiger partial charge in [-0.2, -0.15) is 0 Å². The Morgan fingerprint density at radius 3 is 2.40 bits per heavy atom. The number of nitrogens with one attached hydrogen (secondary N) is 1. The molecule has 0 radical (unpaired) electrons. The Morgan fingerprint density at radius 1 is 1.40 bits per heavy atom. The molecule has 0 bridgehead atoms. The first-order valence-corrected chi connectivity index (χ1v) is 4.72. The van der Waals surface area contributed by atoms with E-state index in [2.05, 4.69) is 15.3 Å². The van der Waals surface area contributed by atoms with Crippen molar-refractivity contribution in [1.82, 2.24) is 9.97 Å². The highest BCUT2D eigenvalue weighted by Crippen LogP contribution is 2.18. The smallest absolute Gasteiger partial charge is 0.241 e. The second kappa shape index (κ2) is 4.35. The Morgan fingerprint density at radius 2 is 1.93 bits per heavy atom. The number of aromatic nitrogens is 2. The van der Waals surface area contributed by atoms with E-state index in [1.807, 2.05) is 20.8 Å². The fourth-order valence-electron chi connectivity index (χ4n) is 0.977. The van der Waals surface area contributed by atoms with Gasteiger partial charge in [-0.25, -0.2) is 9.97 Å². The SMILES string of the molecule is CC(C)(C)C(N)C(=O)Nc1cncnc1. The third-order valence-corrected chi connectivity index (χ3v) is 2.04. The van der Waals surface area contributed by atoms with Crippen LogP contribution in [0.4, 0.5) is 5.69 Å². The van der Waals surface area contributed by atoms with Crippen LogP contribution in [0.5, 0.6) is 0 Å². The topological polar surface area (TPSA) is 80.9 Å². The average molecular weight is 208 g/mol. The molecule has 0 saturated carbocycles. The lowest BCUT2D eigenvalue weighted by atomic mass is 9.87. The first kappa shape index (κ1) is 11.6. The van der Waals surface area contributed by atoms with Crippen LogP contribution in [0.1, 0.15) is 20.8 Å². The number of amides is 1. The minimum absolute atomic E-state index is 0.225. The van der Waals surface area contributed by atoms with Crippen LogP contribution in [0, 0.1) is 5.41 Å². The number of carbonyl (C=O) groups is 1. The Balaban J connectivity index is 2.65. The molecule has 1 amide bonds. The molecule has 5 nitrogen and oxygen atoms in total. The maximum Gasteiger partial charge on any atom is 0.241 e. The Bertz CT molecular complexity index is 331. The van der Waals surface area contributed by atoms with Crippen LogP contribution in [0.25, 0.3) is 0 Å². The van der Waals surface area contributed by atoms with Crippen LogP contribution in [-0.2, 0) is 4.79 Å². The monoisotopic (exact) mass is 208 g/mol. The maximum absolute atomic E-state index is 11.7. The van der Waals surface area contributed by atoms with Crippen molar-refractivity contribution in [3.05, 3.63) is 18.7 Å². The average Bonchev–Trinajstić information content (AvgIpc) is 2.16. The molecule has 0 aromatic carbocycles. The quantitative estimate of drug-likeness (QED) is 0.752. The van der Waals surface area contributed by atoms with Gasteiger partial charge in [-0.15, -0.1) is 0 Å². The zero-order chi connectivity index (χ0) is 11.5. The minimum Gasteiger partial charge on any atom is -0.322 e. The van der Waals surface area contributed by atoms with Crippen molar-refractivity contribution in [2.45, 2.75) is 26.8 Å². The third-order valence-electron chi connectivity index (χ3n) is 2.04. The van der Waals surface area contributed by atoms with Crippen molar-refractivity contribution in [3.63, 3.8) is 0 Å². The molecule has 0 fully saturated rings. The molecule has 0 aliphatic heterocycles. The molecule has 1 aromatic rings. The number of hydrogen-bond acceptors (Lipinski definition) is 4. The largest absolute Gasteiger partial charge is 0.322 e. The van der Waals surface area contributed by atoms with Crippen molar-refractivity contribution in [2.75, 3.05) is 5.32 Å².